The molecule has 0 bridgehead atoms. The zero-order valence-electron chi connectivity index (χ0n) is 26.4. The molecule has 240 valence electrons. The number of fused-ring (bicyclic) bond motifs is 1. The Morgan fingerprint density at radius 1 is 0.881 bits per heavy atom. The lowest BCUT2D eigenvalue weighted by molar-refractivity contribution is 0.0137. The van der Waals surface area contributed by atoms with E-state index in [-0.39, 0.29) is 15.6 Å². The normalized spacial score (nSPS) is 14.2. The van der Waals surface area contributed by atoms with Crippen molar-refractivity contribution >= 4 is 33.4 Å². The number of rotatable bonds is 16. The second-order valence-corrected chi connectivity index (χ2v) is 13.9. The first-order valence-electron chi connectivity index (χ1n) is 14.4. The standard InChI is InChI=1S/C29H49N3O8S2/c1-20-21(2)25(22(3)23-19-29(7,8)39-24(20)23)42(34,35)32-26(41)30-11-9-13-36-15-17-38-18-16-37-14-10-12-31-27(33)40-28(4,5)6/h9-19H2,1-8H3,(H,31,33)(H2,30,32,41). The van der Waals surface area contributed by atoms with Gasteiger partial charge in [-0.15, -0.1) is 0 Å². The van der Waals surface area contributed by atoms with E-state index in [2.05, 4.69) is 15.4 Å². The van der Waals surface area contributed by atoms with Gasteiger partial charge in [-0.05, 0) is 97.1 Å². The van der Waals surface area contributed by atoms with Gasteiger partial charge in [-0.3, -0.25) is 4.72 Å². The Hall–Kier alpha value is -2.19. The molecular weight excluding hydrogens is 582 g/mol. The summed E-state index contributed by atoms with van der Waals surface area (Å²) in [6.07, 6.45) is 1.54. The largest absolute Gasteiger partial charge is 0.487 e. The lowest BCUT2D eigenvalue weighted by Crippen LogP contribution is -2.40. The zero-order valence-corrected chi connectivity index (χ0v) is 28.0. The van der Waals surface area contributed by atoms with E-state index in [1.165, 1.54) is 0 Å². The Balaban J connectivity index is 1.54. The van der Waals surface area contributed by atoms with Crippen molar-refractivity contribution in [2.24, 2.45) is 0 Å². The van der Waals surface area contributed by atoms with Gasteiger partial charge in [0.1, 0.15) is 17.0 Å². The minimum atomic E-state index is -3.87. The molecular formula is C29H49N3O8S2. The number of benzene rings is 1. The van der Waals surface area contributed by atoms with E-state index in [0.29, 0.717) is 83.1 Å². The summed E-state index contributed by atoms with van der Waals surface area (Å²) in [4.78, 5) is 11.8. The number of carbonyl (C=O) groups excluding carboxylic acids is 1. The van der Waals surface area contributed by atoms with E-state index in [1.54, 1.807) is 6.92 Å². The fourth-order valence-electron chi connectivity index (χ4n) is 4.45. The van der Waals surface area contributed by atoms with Crippen LogP contribution < -0.4 is 20.1 Å². The Bertz CT molecular complexity index is 1180. The van der Waals surface area contributed by atoms with Crippen molar-refractivity contribution in [1.82, 2.24) is 15.4 Å². The molecule has 0 aliphatic carbocycles. The van der Waals surface area contributed by atoms with Crippen LogP contribution in [0.25, 0.3) is 0 Å². The van der Waals surface area contributed by atoms with Crippen LogP contribution in [0.5, 0.6) is 5.75 Å². The molecule has 0 saturated heterocycles. The lowest BCUT2D eigenvalue weighted by Gasteiger charge is -2.19. The fraction of sp³-hybridized carbons (Fsp3) is 0.724. The minimum Gasteiger partial charge on any atom is -0.487 e. The molecule has 11 nitrogen and oxygen atoms in total. The van der Waals surface area contributed by atoms with Crippen LogP contribution in [-0.4, -0.2) is 83.6 Å². The third-order valence-electron chi connectivity index (χ3n) is 6.42. The molecule has 1 heterocycles. The lowest BCUT2D eigenvalue weighted by atomic mass is 9.94. The van der Waals surface area contributed by atoms with Crippen molar-refractivity contribution in [2.75, 3.05) is 52.7 Å². The number of carbonyl (C=O) groups is 1. The van der Waals surface area contributed by atoms with Gasteiger partial charge >= 0.3 is 6.09 Å². The quantitative estimate of drug-likeness (QED) is 0.183. The van der Waals surface area contributed by atoms with E-state index in [9.17, 15) is 13.2 Å². The van der Waals surface area contributed by atoms with E-state index in [1.807, 2.05) is 48.5 Å². The Morgan fingerprint density at radius 2 is 1.40 bits per heavy atom. The second-order valence-electron chi connectivity index (χ2n) is 11.9. The van der Waals surface area contributed by atoms with Gasteiger partial charge in [-0.25, -0.2) is 13.2 Å². The predicted octanol–water partition coefficient (Wildman–Crippen LogP) is 3.83. The molecule has 0 radical (unpaired) electrons. The molecule has 0 saturated carbocycles. The van der Waals surface area contributed by atoms with Crippen molar-refractivity contribution in [3.63, 3.8) is 0 Å². The first-order valence-corrected chi connectivity index (χ1v) is 16.3. The number of hydrogen-bond donors (Lipinski definition) is 3. The van der Waals surface area contributed by atoms with Gasteiger partial charge in [0.05, 0.1) is 31.3 Å². The van der Waals surface area contributed by atoms with Gasteiger partial charge in [0.15, 0.2) is 5.11 Å². The van der Waals surface area contributed by atoms with E-state index in [0.717, 1.165) is 16.9 Å². The molecule has 1 amide bonds. The third-order valence-corrected chi connectivity index (χ3v) is 8.41. The molecule has 13 heteroatoms. The number of nitrogens with one attached hydrogen (secondary N) is 3. The molecule has 1 aliphatic heterocycles. The van der Waals surface area contributed by atoms with Crippen molar-refractivity contribution in [1.29, 1.82) is 0 Å². The number of ether oxygens (including phenoxy) is 5. The second kappa shape index (κ2) is 16.0. The van der Waals surface area contributed by atoms with E-state index in [4.69, 9.17) is 35.9 Å². The summed E-state index contributed by atoms with van der Waals surface area (Å²) in [7, 11) is -3.87. The summed E-state index contributed by atoms with van der Waals surface area (Å²) in [6, 6.07) is 0. The van der Waals surface area contributed by atoms with E-state index >= 15 is 0 Å². The van der Waals surface area contributed by atoms with Crippen molar-refractivity contribution < 1.29 is 36.9 Å². The monoisotopic (exact) mass is 631 g/mol. The number of amides is 1. The van der Waals surface area contributed by atoms with Crippen molar-refractivity contribution in [3.8, 4) is 5.75 Å². The number of thiocarbonyl (C=S) groups is 1. The van der Waals surface area contributed by atoms with Gasteiger partial charge in [-0.1, -0.05) is 0 Å². The van der Waals surface area contributed by atoms with Crippen LogP contribution >= 0.6 is 12.2 Å². The maximum Gasteiger partial charge on any atom is 0.407 e. The van der Waals surface area contributed by atoms with Gasteiger partial charge in [0, 0.05) is 38.3 Å². The molecule has 0 unspecified atom stereocenters. The summed E-state index contributed by atoms with van der Waals surface area (Å²) in [5.41, 5.74) is 2.24. The predicted molar refractivity (Wildman–Crippen MR) is 166 cm³/mol. The van der Waals surface area contributed by atoms with Crippen LogP contribution in [0.15, 0.2) is 4.90 Å². The van der Waals surface area contributed by atoms with Gasteiger partial charge in [0.25, 0.3) is 10.0 Å². The highest BCUT2D eigenvalue weighted by molar-refractivity contribution is 7.92. The van der Waals surface area contributed by atoms with Crippen LogP contribution in [-0.2, 0) is 35.4 Å². The molecule has 0 aromatic heterocycles. The topological polar surface area (TPSA) is 133 Å². The van der Waals surface area contributed by atoms with Crippen LogP contribution in [0, 0.1) is 20.8 Å². The molecule has 1 aliphatic rings. The van der Waals surface area contributed by atoms with Crippen molar-refractivity contribution in [2.45, 2.75) is 90.7 Å². The third kappa shape index (κ3) is 11.8. The first-order chi connectivity index (χ1) is 19.5. The van der Waals surface area contributed by atoms with Gasteiger partial charge < -0.3 is 34.3 Å². The molecule has 3 N–H and O–H groups in total. The first kappa shape index (κ1) is 36.0. The molecule has 0 atom stereocenters. The van der Waals surface area contributed by atoms with Crippen LogP contribution in [0.4, 0.5) is 4.79 Å². The van der Waals surface area contributed by atoms with Gasteiger partial charge in [-0.2, -0.15) is 0 Å². The SMILES string of the molecule is Cc1c(C)c(S(=O)(=O)NC(=S)NCCCOCCOCCOCCCNC(=O)OC(C)(C)C)c(C)c2c1OC(C)(C)C2. The Kier molecular flexibility index (Phi) is 13.8. The summed E-state index contributed by atoms with van der Waals surface area (Å²) in [5.74, 6) is 0.787. The molecule has 0 spiro atoms. The number of alkyl carbamates (subject to hydrolysis) is 1. The summed E-state index contributed by atoms with van der Waals surface area (Å²) in [5, 5.41) is 5.67. The summed E-state index contributed by atoms with van der Waals surface area (Å²) in [6.45, 7) is 18.7. The number of hydrogen-bond acceptors (Lipinski definition) is 9. The van der Waals surface area contributed by atoms with E-state index < -0.39 is 21.7 Å². The Morgan fingerprint density at radius 3 is 1.95 bits per heavy atom. The Labute approximate surface area is 256 Å². The maximum absolute atomic E-state index is 13.3. The highest BCUT2D eigenvalue weighted by atomic mass is 32.2. The molecule has 1 aromatic carbocycles. The van der Waals surface area contributed by atoms with Gasteiger partial charge in [0.2, 0.25) is 0 Å². The zero-order chi connectivity index (χ0) is 31.6. The van der Waals surface area contributed by atoms with Crippen LogP contribution in [0.3, 0.4) is 0 Å². The molecule has 2 rings (SSSR count). The number of sulfonamides is 1. The van der Waals surface area contributed by atoms with Crippen molar-refractivity contribution in [3.05, 3.63) is 22.3 Å². The highest BCUT2D eigenvalue weighted by Gasteiger charge is 2.36. The smallest absolute Gasteiger partial charge is 0.407 e. The summed E-state index contributed by atoms with van der Waals surface area (Å²) < 4.78 is 56.8. The average Bonchev–Trinajstić information content (AvgIpc) is 3.19. The molecule has 1 aromatic rings. The molecule has 0 fully saturated rings. The molecule has 42 heavy (non-hydrogen) atoms. The summed E-state index contributed by atoms with van der Waals surface area (Å²) >= 11 is 5.26. The van der Waals surface area contributed by atoms with Crippen LogP contribution in [0.2, 0.25) is 0 Å². The minimum absolute atomic E-state index is 0.0486. The fourth-order valence-corrected chi connectivity index (χ4v) is 6.39. The highest BCUT2D eigenvalue weighted by Crippen LogP contribution is 2.43. The average molecular weight is 632 g/mol. The maximum atomic E-state index is 13.3. The van der Waals surface area contributed by atoms with Crippen LogP contribution in [0.1, 0.15) is 69.7 Å².